The van der Waals surface area contributed by atoms with Crippen molar-refractivity contribution in [1.29, 1.82) is 0 Å². The quantitative estimate of drug-likeness (QED) is 0.565. The number of aryl methyl sites for hydroxylation is 1. The number of nitrogens with zero attached hydrogens (tertiary/aromatic N) is 4. The Labute approximate surface area is 202 Å². The number of aromatic nitrogens is 3. The van der Waals surface area contributed by atoms with Crippen molar-refractivity contribution in [1.82, 2.24) is 24.8 Å². The van der Waals surface area contributed by atoms with Gasteiger partial charge in [-0.2, -0.15) is 0 Å². The Kier molecular flexibility index (Phi) is 6.51. The molecule has 0 aromatic carbocycles. The van der Waals surface area contributed by atoms with Crippen molar-refractivity contribution in [2.75, 3.05) is 19.6 Å². The van der Waals surface area contributed by atoms with Crippen LogP contribution in [0.2, 0.25) is 5.02 Å². The zero-order valence-electron chi connectivity index (χ0n) is 18.7. The van der Waals surface area contributed by atoms with Crippen molar-refractivity contribution in [2.24, 2.45) is 0 Å². The van der Waals surface area contributed by atoms with Crippen LogP contribution in [0.3, 0.4) is 0 Å². The molecule has 7 nitrogen and oxygen atoms in total. The van der Waals surface area contributed by atoms with Crippen LogP contribution in [0.15, 0.2) is 42.0 Å². The number of hydrogen-bond acceptors (Lipinski definition) is 6. The van der Waals surface area contributed by atoms with Crippen LogP contribution in [0, 0.1) is 6.92 Å². The van der Waals surface area contributed by atoms with Crippen LogP contribution < -0.4 is 5.32 Å². The second-order valence-corrected chi connectivity index (χ2v) is 10.4. The number of rotatable bonds is 6. The fourth-order valence-corrected chi connectivity index (χ4v) is 5.50. The molecule has 1 spiro atoms. The van der Waals surface area contributed by atoms with Crippen molar-refractivity contribution >= 4 is 28.8 Å². The molecule has 0 aliphatic carbocycles. The molecule has 5 heterocycles. The fraction of sp³-hybridized carbons (Fsp3) is 0.458. The zero-order valence-corrected chi connectivity index (χ0v) is 20.2. The van der Waals surface area contributed by atoms with Crippen LogP contribution in [0.25, 0.3) is 5.82 Å². The fourth-order valence-electron chi connectivity index (χ4n) is 4.80. The zero-order chi connectivity index (χ0) is 22.8. The minimum absolute atomic E-state index is 0.0527. The molecular weight excluding hydrogens is 458 g/mol. The maximum atomic E-state index is 12.3. The van der Waals surface area contributed by atoms with Crippen LogP contribution in [0.5, 0.6) is 0 Å². The molecule has 0 radical (unpaired) electrons. The van der Waals surface area contributed by atoms with Gasteiger partial charge in [-0.1, -0.05) is 11.6 Å². The van der Waals surface area contributed by atoms with Gasteiger partial charge in [-0.05, 0) is 56.9 Å². The van der Waals surface area contributed by atoms with E-state index < -0.39 is 0 Å². The molecule has 2 fully saturated rings. The summed E-state index contributed by atoms with van der Waals surface area (Å²) in [6.45, 7) is 5.32. The summed E-state index contributed by atoms with van der Waals surface area (Å²) in [7, 11) is 0. The van der Waals surface area contributed by atoms with Crippen LogP contribution >= 0.6 is 22.9 Å². The van der Waals surface area contributed by atoms with Gasteiger partial charge in [0.2, 0.25) is 0 Å². The highest BCUT2D eigenvalue weighted by atomic mass is 35.5. The van der Waals surface area contributed by atoms with E-state index in [-0.39, 0.29) is 17.6 Å². The van der Waals surface area contributed by atoms with E-state index in [9.17, 15) is 4.79 Å². The first kappa shape index (κ1) is 22.5. The number of carbonyl (C=O) groups excluding carboxylic acids is 1. The molecule has 9 heteroatoms. The van der Waals surface area contributed by atoms with Crippen LogP contribution in [-0.2, 0) is 11.3 Å². The molecule has 2 aliphatic heterocycles. The lowest BCUT2D eigenvalue weighted by Gasteiger charge is -2.39. The molecule has 5 rings (SSSR count). The number of halogens is 1. The van der Waals surface area contributed by atoms with E-state index >= 15 is 0 Å². The highest BCUT2D eigenvalue weighted by Gasteiger charge is 2.42. The first-order valence-corrected chi connectivity index (χ1v) is 12.6. The number of likely N-dealkylation sites (tertiary alicyclic amines) is 1. The van der Waals surface area contributed by atoms with Gasteiger partial charge < -0.3 is 14.6 Å². The van der Waals surface area contributed by atoms with Crippen LogP contribution in [0.1, 0.15) is 46.9 Å². The maximum absolute atomic E-state index is 12.3. The van der Waals surface area contributed by atoms with E-state index in [0.717, 1.165) is 56.1 Å². The Morgan fingerprint density at radius 1 is 1.30 bits per heavy atom. The first-order valence-electron chi connectivity index (χ1n) is 11.4. The highest BCUT2D eigenvalue weighted by molar-refractivity contribution is 7.09. The van der Waals surface area contributed by atoms with Crippen LogP contribution in [-0.4, -0.2) is 56.7 Å². The SMILES string of the molecule is Cc1nc(C(=O)NC[C@@H]2CCC3(CCN(Cc4cccn4-c4ccc(Cl)cn4)CC3)O2)cs1. The molecular formula is C24H28ClN5O2S. The third-order valence-electron chi connectivity index (χ3n) is 6.63. The van der Waals surface area contributed by atoms with E-state index in [0.29, 0.717) is 17.3 Å². The van der Waals surface area contributed by atoms with Gasteiger partial charge >= 0.3 is 0 Å². The van der Waals surface area contributed by atoms with Crippen molar-refractivity contribution in [2.45, 2.75) is 50.9 Å². The van der Waals surface area contributed by atoms with Gasteiger partial charge in [0.25, 0.3) is 5.91 Å². The summed E-state index contributed by atoms with van der Waals surface area (Å²) in [5.74, 6) is 0.765. The standard InChI is InChI=1S/C24H28ClN5O2S/c1-17-28-21(16-33-17)23(31)27-14-20-6-7-24(32-20)8-11-29(12-9-24)15-19-3-2-10-30(19)22-5-4-18(25)13-26-22/h2-5,10,13,16,20H,6-9,11-12,14-15H2,1H3,(H,27,31)/t20-/m0/s1. The molecule has 2 saturated heterocycles. The lowest BCUT2D eigenvalue weighted by Crippen LogP contribution is -2.45. The average molecular weight is 486 g/mol. The Morgan fingerprint density at radius 2 is 2.15 bits per heavy atom. The minimum Gasteiger partial charge on any atom is -0.370 e. The summed E-state index contributed by atoms with van der Waals surface area (Å²) < 4.78 is 8.60. The third kappa shape index (κ3) is 5.14. The van der Waals surface area contributed by atoms with Gasteiger partial charge in [-0.15, -0.1) is 11.3 Å². The van der Waals surface area contributed by atoms with Gasteiger partial charge in [0.15, 0.2) is 0 Å². The Morgan fingerprint density at radius 3 is 2.88 bits per heavy atom. The second kappa shape index (κ2) is 9.54. The number of pyridine rings is 1. The van der Waals surface area contributed by atoms with Gasteiger partial charge in [0.05, 0.1) is 21.7 Å². The van der Waals surface area contributed by atoms with E-state index in [1.807, 2.05) is 25.3 Å². The largest absolute Gasteiger partial charge is 0.370 e. The summed E-state index contributed by atoms with van der Waals surface area (Å²) in [5.41, 5.74) is 1.66. The molecule has 3 aromatic rings. The van der Waals surface area contributed by atoms with Crippen LogP contribution in [0.4, 0.5) is 0 Å². The highest BCUT2D eigenvalue weighted by Crippen LogP contribution is 2.39. The molecule has 0 unspecified atom stereocenters. The predicted octanol–water partition coefficient (Wildman–Crippen LogP) is 4.23. The smallest absolute Gasteiger partial charge is 0.270 e. The monoisotopic (exact) mass is 485 g/mol. The van der Waals surface area contributed by atoms with Gasteiger partial charge in [0, 0.05) is 49.6 Å². The van der Waals surface area contributed by atoms with E-state index in [1.165, 1.54) is 17.0 Å². The molecule has 0 saturated carbocycles. The molecule has 174 valence electrons. The van der Waals surface area contributed by atoms with Gasteiger partial charge in [-0.3, -0.25) is 9.69 Å². The molecule has 1 amide bonds. The lowest BCUT2D eigenvalue weighted by atomic mass is 9.88. The van der Waals surface area contributed by atoms with E-state index in [2.05, 4.69) is 36.9 Å². The molecule has 2 aliphatic rings. The number of thiazole rings is 1. The van der Waals surface area contributed by atoms with Crippen molar-refractivity contribution < 1.29 is 9.53 Å². The van der Waals surface area contributed by atoms with Crippen molar-refractivity contribution in [3.05, 3.63) is 63.5 Å². The number of nitrogens with one attached hydrogen (secondary N) is 1. The summed E-state index contributed by atoms with van der Waals surface area (Å²) in [4.78, 5) is 23.5. The van der Waals surface area contributed by atoms with Crippen molar-refractivity contribution in [3.8, 4) is 5.82 Å². The van der Waals surface area contributed by atoms with Gasteiger partial charge in [0.1, 0.15) is 11.5 Å². The number of carbonyl (C=O) groups is 1. The predicted molar refractivity (Wildman–Crippen MR) is 129 cm³/mol. The Hall–Kier alpha value is -2.26. The third-order valence-corrected chi connectivity index (χ3v) is 7.62. The molecule has 1 atom stereocenters. The number of piperidine rings is 1. The maximum Gasteiger partial charge on any atom is 0.270 e. The van der Waals surface area contributed by atoms with Gasteiger partial charge in [-0.25, -0.2) is 9.97 Å². The molecule has 33 heavy (non-hydrogen) atoms. The Bertz CT molecular complexity index is 1100. The average Bonchev–Trinajstić information content (AvgIpc) is 3.55. The topological polar surface area (TPSA) is 72.3 Å². The molecule has 3 aromatic heterocycles. The van der Waals surface area contributed by atoms with E-state index in [1.54, 1.807) is 11.6 Å². The Balaban J connectivity index is 1.12. The number of hydrogen-bond donors (Lipinski definition) is 1. The number of ether oxygens (including phenoxy) is 1. The van der Waals surface area contributed by atoms with E-state index in [4.69, 9.17) is 16.3 Å². The number of amides is 1. The van der Waals surface area contributed by atoms with Crippen molar-refractivity contribution in [3.63, 3.8) is 0 Å². The summed E-state index contributed by atoms with van der Waals surface area (Å²) in [6.07, 6.45) is 7.88. The second-order valence-electron chi connectivity index (χ2n) is 8.90. The molecule has 0 bridgehead atoms. The molecule has 1 N–H and O–H groups in total. The summed E-state index contributed by atoms with van der Waals surface area (Å²) >= 11 is 7.48. The first-order chi connectivity index (χ1) is 16.0. The summed E-state index contributed by atoms with van der Waals surface area (Å²) in [5, 5.41) is 6.34. The lowest BCUT2D eigenvalue weighted by molar-refractivity contribution is -0.0766. The normalized spacial score (nSPS) is 20.4. The summed E-state index contributed by atoms with van der Waals surface area (Å²) in [6, 6.07) is 8.02. The minimum atomic E-state index is -0.114.